The van der Waals surface area contributed by atoms with Gasteiger partial charge in [-0.2, -0.15) is 4.58 Å². The molecule has 1 nitrogen and oxygen atoms in total. The van der Waals surface area contributed by atoms with Crippen LogP contribution in [-0.2, 0) is 5.41 Å². The Morgan fingerprint density at radius 2 is 1.93 bits per heavy atom. The SMILES string of the molecule is C[N+]1=C(/C=C/c2cccs2)C(C)(CC2=CCCCC2)c2c1ccc1ccccc21. The molecule has 5 rings (SSSR count). The van der Waals surface area contributed by atoms with Crippen LogP contribution in [0, 0.1) is 0 Å². The normalized spacial score (nSPS) is 21.8. The second kappa shape index (κ2) is 7.42. The van der Waals surface area contributed by atoms with Crippen LogP contribution in [0.15, 0.2) is 71.6 Å². The van der Waals surface area contributed by atoms with Crippen LogP contribution < -0.4 is 0 Å². The maximum atomic E-state index is 2.51. The lowest BCUT2D eigenvalue weighted by molar-refractivity contribution is -0.401. The molecule has 0 saturated heterocycles. The predicted molar refractivity (Wildman–Crippen MR) is 127 cm³/mol. The zero-order valence-electron chi connectivity index (χ0n) is 17.3. The van der Waals surface area contributed by atoms with Gasteiger partial charge >= 0.3 is 0 Å². The van der Waals surface area contributed by atoms with E-state index in [1.54, 1.807) is 16.9 Å². The van der Waals surface area contributed by atoms with Gasteiger partial charge in [0.05, 0.1) is 5.41 Å². The first-order chi connectivity index (χ1) is 14.2. The molecule has 0 spiro atoms. The first-order valence-corrected chi connectivity index (χ1v) is 11.6. The highest BCUT2D eigenvalue weighted by Crippen LogP contribution is 2.48. The van der Waals surface area contributed by atoms with Crippen molar-refractivity contribution in [3.8, 4) is 0 Å². The lowest BCUT2D eigenvalue weighted by atomic mass is 9.71. The summed E-state index contributed by atoms with van der Waals surface area (Å²) in [7, 11) is 2.24. The topological polar surface area (TPSA) is 3.01 Å². The number of hydrogen-bond donors (Lipinski definition) is 0. The zero-order valence-corrected chi connectivity index (χ0v) is 18.1. The third kappa shape index (κ3) is 3.20. The molecule has 0 bridgehead atoms. The van der Waals surface area contributed by atoms with Gasteiger partial charge in [-0.05, 0) is 73.4 Å². The van der Waals surface area contributed by atoms with Gasteiger partial charge in [0.1, 0.15) is 7.05 Å². The number of allylic oxidation sites excluding steroid dienone is 3. The predicted octanol–water partition coefficient (Wildman–Crippen LogP) is 7.49. The lowest BCUT2D eigenvalue weighted by Crippen LogP contribution is -2.31. The molecule has 1 aromatic heterocycles. The molecule has 1 atom stereocenters. The van der Waals surface area contributed by atoms with Gasteiger partial charge in [-0.1, -0.05) is 42.0 Å². The Balaban J connectivity index is 1.68. The Morgan fingerprint density at radius 1 is 1.03 bits per heavy atom. The summed E-state index contributed by atoms with van der Waals surface area (Å²) in [6, 6.07) is 17.8. The molecular weight excluding hydrogens is 370 g/mol. The fourth-order valence-electron chi connectivity index (χ4n) is 5.29. The van der Waals surface area contributed by atoms with Crippen molar-refractivity contribution in [3.05, 3.63) is 82.1 Å². The molecule has 146 valence electrons. The molecule has 1 aliphatic carbocycles. The van der Waals surface area contributed by atoms with Crippen LogP contribution in [0.1, 0.15) is 49.5 Å². The Bertz CT molecular complexity index is 1150. The molecule has 29 heavy (non-hydrogen) atoms. The summed E-state index contributed by atoms with van der Waals surface area (Å²) in [5, 5.41) is 4.89. The summed E-state index contributed by atoms with van der Waals surface area (Å²) in [6.45, 7) is 2.46. The number of nitrogens with zero attached hydrogens (tertiary/aromatic N) is 1. The summed E-state index contributed by atoms with van der Waals surface area (Å²) >= 11 is 1.80. The lowest BCUT2D eigenvalue weighted by Gasteiger charge is -2.26. The maximum absolute atomic E-state index is 2.51. The van der Waals surface area contributed by atoms with Crippen molar-refractivity contribution in [1.29, 1.82) is 0 Å². The molecule has 0 saturated carbocycles. The summed E-state index contributed by atoms with van der Waals surface area (Å²) < 4.78 is 2.43. The minimum Gasteiger partial charge on any atom is -0.198 e. The fraction of sp³-hybridized carbons (Fsp3) is 0.296. The van der Waals surface area contributed by atoms with E-state index < -0.39 is 0 Å². The molecule has 0 N–H and O–H groups in total. The molecule has 1 unspecified atom stereocenters. The standard InChI is InChI=1S/C27H28NS/c1-27(19-20-9-4-3-5-10-20)25(17-15-22-12-8-18-29-22)28(2)24-16-14-21-11-6-7-13-23(21)26(24)27/h6-9,11-18H,3-5,10,19H2,1-2H3/q+1/b17-15+. The molecule has 0 fully saturated rings. The molecule has 1 aliphatic heterocycles. The van der Waals surface area contributed by atoms with Crippen molar-refractivity contribution in [3.63, 3.8) is 0 Å². The fourth-order valence-corrected chi connectivity index (χ4v) is 5.91. The van der Waals surface area contributed by atoms with Crippen LogP contribution in [-0.4, -0.2) is 17.3 Å². The molecular formula is C27H28NS+. The summed E-state index contributed by atoms with van der Waals surface area (Å²) in [6.07, 6.45) is 13.4. The zero-order chi connectivity index (χ0) is 19.8. The highest BCUT2D eigenvalue weighted by Gasteiger charge is 2.48. The Morgan fingerprint density at radius 3 is 2.72 bits per heavy atom. The average Bonchev–Trinajstić information content (AvgIpc) is 3.33. The van der Waals surface area contributed by atoms with Gasteiger partial charge in [0.15, 0.2) is 5.71 Å². The van der Waals surface area contributed by atoms with Crippen molar-refractivity contribution < 1.29 is 4.58 Å². The minimum absolute atomic E-state index is 0.0120. The van der Waals surface area contributed by atoms with Crippen LogP contribution in [0.5, 0.6) is 0 Å². The van der Waals surface area contributed by atoms with Crippen LogP contribution >= 0.6 is 11.3 Å². The summed E-state index contributed by atoms with van der Waals surface area (Å²) in [5.41, 5.74) is 5.88. The number of thiophene rings is 1. The Hall–Kier alpha value is -2.45. The summed E-state index contributed by atoms with van der Waals surface area (Å²) in [5.74, 6) is 0. The number of fused-ring (bicyclic) bond motifs is 3. The van der Waals surface area contributed by atoms with E-state index in [1.165, 1.54) is 58.3 Å². The molecule has 3 aromatic rings. The van der Waals surface area contributed by atoms with E-state index >= 15 is 0 Å². The second-order valence-electron chi connectivity index (χ2n) is 8.59. The van der Waals surface area contributed by atoms with E-state index in [1.807, 2.05) is 0 Å². The van der Waals surface area contributed by atoms with E-state index in [4.69, 9.17) is 0 Å². The number of rotatable bonds is 4. The minimum atomic E-state index is -0.0120. The molecule has 0 radical (unpaired) electrons. The van der Waals surface area contributed by atoms with Crippen LogP contribution in [0.25, 0.3) is 16.8 Å². The van der Waals surface area contributed by atoms with Crippen molar-refractivity contribution in [2.24, 2.45) is 0 Å². The van der Waals surface area contributed by atoms with Gasteiger partial charge in [-0.3, -0.25) is 0 Å². The molecule has 2 aliphatic rings. The van der Waals surface area contributed by atoms with Gasteiger partial charge < -0.3 is 0 Å². The van der Waals surface area contributed by atoms with Crippen molar-refractivity contribution in [2.45, 2.75) is 44.4 Å². The number of hydrogen-bond acceptors (Lipinski definition) is 1. The van der Waals surface area contributed by atoms with Crippen molar-refractivity contribution in [1.82, 2.24) is 0 Å². The van der Waals surface area contributed by atoms with Gasteiger partial charge in [0.2, 0.25) is 5.69 Å². The van der Waals surface area contributed by atoms with Gasteiger partial charge in [0.25, 0.3) is 0 Å². The third-order valence-corrected chi connectivity index (χ3v) is 7.50. The third-order valence-electron chi connectivity index (χ3n) is 6.66. The average molecular weight is 399 g/mol. The van der Waals surface area contributed by atoms with Gasteiger partial charge in [0, 0.05) is 22.6 Å². The van der Waals surface area contributed by atoms with E-state index in [-0.39, 0.29) is 5.41 Å². The van der Waals surface area contributed by atoms with Crippen LogP contribution in [0.3, 0.4) is 0 Å². The first kappa shape index (κ1) is 18.6. The highest BCUT2D eigenvalue weighted by atomic mass is 32.1. The first-order valence-electron chi connectivity index (χ1n) is 10.7. The van der Waals surface area contributed by atoms with Crippen LogP contribution in [0.2, 0.25) is 0 Å². The molecule has 2 aromatic carbocycles. The highest BCUT2D eigenvalue weighted by molar-refractivity contribution is 7.10. The van der Waals surface area contributed by atoms with Crippen LogP contribution in [0.4, 0.5) is 5.69 Å². The van der Waals surface area contributed by atoms with E-state index in [9.17, 15) is 0 Å². The number of benzene rings is 2. The van der Waals surface area contributed by atoms with E-state index in [2.05, 4.69) is 90.7 Å². The molecule has 0 amide bonds. The Kier molecular flexibility index (Phi) is 4.75. The van der Waals surface area contributed by atoms with Crippen molar-refractivity contribution in [2.75, 3.05) is 7.05 Å². The van der Waals surface area contributed by atoms with E-state index in [0.29, 0.717) is 0 Å². The van der Waals surface area contributed by atoms with Gasteiger partial charge in [-0.15, -0.1) is 11.3 Å². The molecule has 2 heteroatoms. The van der Waals surface area contributed by atoms with Gasteiger partial charge in [-0.25, -0.2) is 0 Å². The van der Waals surface area contributed by atoms with E-state index in [0.717, 1.165) is 6.42 Å². The van der Waals surface area contributed by atoms with Crippen molar-refractivity contribution >= 4 is 39.6 Å². The monoisotopic (exact) mass is 398 g/mol. The second-order valence-corrected chi connectivity index (χ2v) is 9.57. The maximum Gasteiger partial charge on any atom is 0.210 e. The largest absolute Gasteiger partial charge is 0.210 e. The molecule has 2 heterocycles. The smallest absolute Gasteiger partial charge is 0.198 e. The quantitative estimate of drug-likeness (QED) is 0.316. The summed E-state index contributed by atoms with van der Waals surface area (Å²) in [4.78, 5) is 1.31. The Labute approximate surface area is 177 Å².